The summed E-state index contributed by atoms with van der Waals surface area (Å²) in [6.45, 7) is 0. The average Bonchev–Trinajstić information content (AvgIpc) is 3.53. The summed E-state index contributed by atoms with van der Waals surface area (Å²) in [5.41, 5.74) is 7.95. The number of benzene rings is 8. The molecule has 0 spiro atoms. The Labute approximate surface area is 267 Å². The topological polar surface area (TPSA) is 13.1 Å². The van der Waals surface area contributed by atoms with E-state index >= 15 is 0 Å². The molecule has 1 heteroatoms. The highest BCUT2D eigenvalue weighted by molar-refractivity contribution is 6.23. The smallest absolute Gasteiger partial charge is 0.143 e. The van der Waals surface area contributed by atoms with Gasteiger partial charge in [0.05, 0.1) is 5.48 Å². The van der Waals surface area contributed by atoms with Gasteiger partial charge in [-0.15, -0.1) is 0 Å². The zero-order chi connectivity index (χ0) is 33.2. The van der Waals surface area contributed by atoms with Gasteiger partial charge in [0, 0.05) is 16.3 Å². The maximum Gasteiger partial charge on any atom is 0.143 e. The van der Waals surface area contributed by atoms with Gasteiger partial charge in [0.25, 0.3) is 0 Å². The van der Waals surface area contributed by atoms with E-state index in [0.29, 0.717) is 16.7 Å². The minimum Gasteiger partial charge on any atom is -0.455 e. The lowest BCUT2D eigenvalue weighted by atomic mass is 9.84. The van der Waals surface area contributed by atoms with E-state index in [1.54, 1.807) is 0 Å². The zero-order valence-corrected chi connectivity index (χ0v) is 24.3. The van der Waals surface area contributed by atoms with E-state index in [-0.39, 0.29) is 24.2 Å². The Balaban J connectivity index is 1.42. The molecule has 0 amide bonds. The fourth-order valence-corrected chi connectivity index (χ4v) is 6.73. The Morgan fingerprint density at radius 3 is 1.56 bits per heavy atom. The first-order valence-electron chi connectivity index (χ1n) is 17.1. The highest BCUT2D eigenvalue weighted by Crippen LogP contribution is 2.47. The molecule has 0 aliphatic carbocycles. The molecule has 210 valence electrons. The molecule has 1 nitrogen and oxygen atoms in total. The molecule has 0 atom stereocenters. The third-order valence-corrected chi connectivity index (χ3v) is 8.72. The Hall–Kier alpha value is -5.92. The molecule has 0 bridgehead atoms. The van der Waals surface area contributed by atoms with Crippen LogP contribution in [0, 0.1) is 0 Å². The third kappa shape index (κ3) is 4.17. The fraction of sp³-hybridized carbons (Fsp3) is 0. The first-order chi connectivity index (χ1) is 24.0. The second kappa shape index (κ2) is 10.4. The Kier molecular flexibility index (Phi) is 5.00. The van der Waals surface area contributed by atoms with Crippen molar-refractivity contribution in [3.63, 3.8) is 0 Å². The van der Waals surface area contributed by atoms with Crippen LogP contribution < -0.4 is 0 Å². The highest BCUT2D eigenvalue weighted by Gasteiger charge is 2.20. The van der Waals surface area contributed by atoms with Crippen LogP contribution in [0.4, 0.5) is 0 Å². The van der Waals surface area contributed by atoms with Crippen LogP contribution in [0.15, 0.2) is 174 Å². The second-order valence-corrected chi connectivity index (χ2v) is 11.3. The van der Waals surface area contributed by atoms with E-state index in [2.05, 4.69) is 42.5 Å². The lowest BCUT2D eigenvalue weighted by Gasteiger charge is -2.19. The first kappa shape index (κ1) is 21.7. The van der Waals surface area contributed by atoms with E-state index in [0.717, 1.165) is 71.3 Å². The van der Waals surface area contributed by atoms with Crippen LogP contribution in [0.25, 0.3) is 88.0 Å². The largest absolute Gasteiger partial charge is 0.455 e. The van der Waals surface area contributed by atoms with Crippen LogP contribution in [0.5, 0.6) is 0 Å². The van der Waals surface area contributed by atoms with Crippen molar-refractivity contribution >= 4 is 43.5 Å². The molecular formula is C44H28O. The monoisotopic (exact) mass is 576 g/mol. The summed E-state index contributed by atoms with van der Waals surface area (Å²) in [6, 6.07) is 48.2. The Morgan fingerprint density at radius 1 is 0.400 bits per heavy atom. The summed E-state index contributed by atoms with van der Waals surface area (Å²) in [7, 11) is 0. The maximum absolute atomic E-state index is 9.51. The van der Waals surface area contributed by atoms with Gasteiger partial charge in [-0.05, 0) is 84.7 Å². The van der Waals surface area contributed by atoms with E-state index in [1.165, 1.54) is 0 Å². The van der Waals surface area contributed by atoms with E-state index in [4.69, 9.17) is 7.16 Å². The van der Waals surface area contributed by atoms with Crippen molar-refractivity contribution in [3.05, 3.63) is 170 Å². The van der Waals surface area contributed by atoms with Crippen LogP contribution in [0.3, 0.4) is 0 Å². The molecule has 0 fully saturated rings. The predicted octanol–water partition coefficient (Wildman–Crippen LogP) is 12.6. The number of fused-ring (bicyclic) bond motifs is 5. The zero-order valence-electron chi connectivity index (χ0n) is 28.3. The van der Waals surface area contributed by atoms with Crippen LogP contribution in [0.2, 0.25) is 0 Å². The molecule has 0 unspecified atom stereocenters. The SMILES string of the molecule is [2H]c1c([2H])c(-c2ccccc2)c([2H])c(-c2c3ccccc3c(-c3cc(-c4ccccc4)c4oc5ccccc5c4c3)c3ccccc23)c1[2H]. The van der Waals surface area contributed by atoms with E-state index in [9.17, 15) is 2.74 Å². The molecule has 0 saturated carbocycles. The number of hydrogen-bond donors (Lipinski definition) is 0. The summed E-state index contributed by atoms with van der Waals surface area (Å²) in [5.74, 6) is 0. The highest BCUT2D eigenvalue weighted by atomic mass is 16.3. The molecule has 0 aliphatic heterocycles. The molecular weight excluding hydrogens is 544 g/mol. The Morgan fingerprint density at radius 2 is 0.911 bits per heavy atom. The number of para-hydroxylation sites is 1. The normalized spacial score (nSPS) is 12.8. The van der Waals surface area contributed by atoms with Crippen molar-refractivity contribution in [3.8, 4) is 44.5 Å². The summed E-state index contributed by atoms with van der Waals surface area (Å²) in [5, 5.41) is 5.79. The summed E-state index contributed by atoms with van der Waals surface area (Å²) in [6.07, 6.45) is 0. The Bertz CT molecular complexity index is 2690. The minimum absolute atomic E-state index is 0.0814. The molecule has 1 aromatic heterocycles. The van der Waals surface area contributed by atoms with Crippen LogP contribution in [-0.2, 0) is 0 Å². The summed E-state index contributed by atoms with van der Waals surface area (Å²) >= 11 is 0. The van der Waals surface area contributed by atoms with Gasteiger partial charge in [0.15, 0.2) is 0 Å². The van der Waals surface area contributed by atoms with Crippen molar-refractivity contribution in [2.24, 2.45) is 0 Å². The van der Waals surface area contributed by atoms with Crippen molar-refractivity contribution < 1.29 is 9.90 Å². The molecule has 9 aromatic rings. The number of furan rings is 1. The van der Waals surface area contributed by atoms with E-state index in [1.807, 2.05) is 103 Å². The van der Waals surface area contributed by atoms with Gasteiger partial charge in [0.1, 0.15) is 11.2 Å². The minimum atomic E-state index is -0.188. The lowest BCUT2D eigenvalue weighted by Crippen LogP contribution is -1.92. The van der Waals surface area contributed by atoms with Gasteiger partial charge in [-0.1, -0.05) is 146 Å². The lowest BCUT2D eigenvalue weighted by molar-refractivity contribution is 0.670. The van der Waals surface area contributed by atoms with Gasteiger partial charge < -0.3 is 4.42 Å². The third-order valence-electron chi connectivity index (χ3n) is 8.72. The first-order valence-corrected chi connectivity index (χ1v) is 15.1. The fourth-order valence-electron chi connectivity index (χ4n) is 6.73. The van der Waals surface area contributed by atoms with E-state index < -0.39 is 0 Å². The molecule has 0 N–H and O–H groups in total. The standard InChI is InChI=1S/C44H28O/c1-3-14-29(15-4-1)31-18-13-19-32(26-31)42-35-21-7-9-23-37(35)43(38-24-10-8-22-36(38)42)33-27-39(30-16-5-2-6-17-30)44-40(28-33)34-20-11-12-25-41(34)45-44/h1-28H/i13D,18D,19D,26D. The molecule has 0 radical (unpaired) electrons. The predicted molar refractivity (Wildman–Crippen MR) is 190 cm³/mol. The van der Waals surface area contributed by atoms with Gasteiger partial charge in [-0.2, -0.15) is 0 Å². The van der Waals surface area contributed by atoms with Gasteiger partial charge in [-0.3, -0.25) is 0 Å². The molecule has 0 saturated heterocycles. The van der Waals surface area contributed by atoms with Crippen LogP contribution in [0.1, 0.15) is 5.48 Å². The second-order valence-electron chi connectivity index (χ2n) is 11.3. The molecule has 45 heavy (non-hydrogen) atoms. The van der Waals surface area contributed by atoms with Crippen molar-refractivity contribution in [2.75, 3.05) is 0 Å². The molecule has 1 heterocycles. The van der Waals surface area contributed by atoms with Crippen molar-refractivity contribution in [2.45, 2.75) is 0 Å². The average molecular weight is 577 g/mol. The van der Waals surface area contributed by atoms with Crippen LogP contribution in [-0.4, -0.2) is 0 Å². The molecule has 9 rings (SSSR count). The van der Waals surface area contributed by atoms with Gasteiger partial charge in [-0.25, -0.2) is 0 Å². The van der Waals surface area contributed by atoms with Gasteiger partial charge >= 0.3 is 0 Å². The quantitative estimate of drug-likeness (QED) is 0.190. The van der Waals surface area contributed by atoms with Crippen LogP contribution >= 0.6 is 0 Å². The van der Waals surface area contributed by atoms with Crippen molar-refractivity contribution in [1.29, 1.82) is 0 Å². The summed E-state index contributed by atoms with van der Waals surface area (Å²) in [4.78, 5) is 0. The number of hydrogen-bond acceptors (Lipinski definition) is 1. The van der Waals surface area contributed by atoms with Crippen molar-refractivity contribution in [1.82, 2.24) is 0 Å². The summed E-state index contributed by atoms with van der Waals surface area (Å²) < 4.78 is 42.9. The molecule has 0 aliphatic rings. The molecule has 8 aromatic carbocycles. The maximum atomic E-state index is 9.51. The van der Waals surface area contributed by atoms with Gasteiger partial charge in [0.2, 0.25) is 0 Å². The number of rotatable bonds is 4.